The van der Waals surface area contributed by atoms with Crippen LogP contribution in [0.1, 0.15) is 16.3 Å². The zero-order chi connectivity index (χ0) is 18.4. The second-order valence-electron chi connectivity index (χ2n) is 5.21. The summed E-state index contributed by atoms with van der Waals surface area (Å²) in [6, 6.07) is 7.97. The van der Waals surface area contributed by atoms with Gasteiger partial charge in [-0.05, 0) is 19.1 Å². The average molecular weight is 425 g/mol. The number of rotatable bonds is 9. The van der Waals surface area contributed by atoms with Crippen molar-refractivity contribution in [1.29, 1.82) is 0 Å². The molecule has 0 spiro atoms. The Hall–Kier alpha value is -1.62. The van der Waals surface area contributed by atoms with Gasteiger partial charge in [0.2, 0.25) is 5.91 Å². The van der Waals surface area contributed by atoms with E-state index in [9.17, 15) is 4.79 Å². The molecule has 3 aromatic rings. The van der Waals surface area contributed by atoms with Crippen LogP contribution >= 0.6 is 46.2 Å². The van der Waals surface area contributed by atoms with Crippen LogP contribution in [0.4, 0.5) is 0 Å². The molecule has 2 N–H and O–H groups in total. The highest BCUT2D eigenvalue weighted by Crippen LogP contribution is 2.30. The van der Waals surface area contributed by atoms with Crippen LogP contribution in [0.3, 0.4) is 0 Å². The maximum atomic E-state index is 10.8. The fraction of sp³-hybridized carbons (Fsp3) is 0.250. The first kappa shape index (κ1) is 19.2. The van der Waals surface area contributed by atoms with Gasteiger partial charge in [-0.1, -0.05) is 52.6 Å². The molecule has 0 saturated carbocycles. The predicted molar refractivity (Wildman–Crippen MR) is 107 cm³/mol. The number of hydrogen-bond donors (Lipinski definition) is 1. The topological polar surface area (TPSA) is 91.0 Å². The van der Waals surface area contributed by atoms with Gasteiger partial charge in [-0.15, -0.1) is 21.5 Å². The Kier molecular flexibility index (Phi) is 6.89. The van der Waals surface area contributed by atoms with Gasteiger partial charge in [0.1, 0.15) is 17.4 Å². The van der Waals surface area contributed by atoms with Gasteiger partial charge in [0, 0.05) is 11.1 Å². The largest absolute Gasteiger partial charge is 0.486 e. The second-order valence-corrected chi connectivity index (χ2v) is 9.58. The van der Waals surface area contributed by atoms with Crippen molar-refractivity contribution in [1.82, 2.24) is 15.2 Å². The van der Waals surface area contributed by atoms with Gasteiger partial charge in [0.15, 0.2) is 8.68 Å². The van der Waals surface area contributed by atoms with Gasteiger partial charge >= 0.3 is 0 Å². The van der Waals surface area contributed by atoms with Gasteiger partial charge in [-0.2, -0.15) is 0 Å². The van der Waals surface area contributed by atoms with E-state index in [2.05, 4.69) is 15.2 Å². The van der Waals surface area contributed by atoms with Crippen LogP contribution in [0.15, 0.2) is 38.3 Å². The molecular weight excluding hydrogens is 408 g/mol. The third-order valence-corrected chi connectivity index (χ3v) is 7.17. The summed E-state index contributed by atoms with van der Waals surface area (Å²) in [4.78, 5) is 15.4. The van der Waals surface area contributed by atoms with E-state index >= 15 is 0 Å². The molecule has 0 radical (unpaired) electrons. The first-order valence-electron chi connectivity index (χ1n) is 7.58. The minimum Gasteiger partial charge on any atom is -0.486 e. The lowest BCUT2D eigenvalue weighted by atomic mass is 10.2. The fourth-order valence-electron chi connectivity index (χ4n) is 1.84. The molecule has 136 valence electrons. The number of ether oxygens (including phenoxy) is 1. The summed E-state index contributed by atoms with van der Waals surface area (Å²) in [7, 11) is 0. The average Bonchev–Trinajstić information content (AvgIpc) is 3.27. The Morgan fingerprint density at radius 3 is 2.65 bits per heavy atom. The number of nitrogens with zero attached hydrogens (tertiary/aromatic N) is 3. The molecular formula is C16H16N4O2S4. The predicted octanol–water partition coefficient (Wildman–Crippen LogP) is 3.75. The monoisotopic (exact) mass is 424 g/mol. The number of primary amides is 1. The number of thiazole rings is 1. The number of carbonyl (C=O) groups excluding carboxylic acids is 1. The van der Waals surface area contributed by atoms with E-state index < -0.39 is 0 Å². The van der Waals surface area contributed by atoms with Crippen LogP contribution in [0.2, 0.25) is 0 Å². The number of amides is 1. The number of aromatic nitrogens is 3. The summed E-state index contributed by atoms with van der Waals surface area (Å²) in [6.07, 6.45) is 0. The molecule has 0 unspecified atom stereocenters. The van der Waals surface area contributed by atoms with Gasteiger partial charge in [0.05, 0.1) is 11.4 Å². The lowest BCUT2D eigenvalue weighted by molar-refractivity contribution is -0.115. The van der Waals surface area contributed by atoms with Crippen LogP contribution < -0.4 is 10.5 Å². The Labute approximate surface area is 167 Å². The highest BCUT2D eigenvalue weighted by Gasteiger charge is 2.09. The van der Waals surface area contributed by atoms with E-state index in [0.717, 1.165) is 30.9 Å². The number of carbonyl (C=O) groups is 1. The smallest absolute Gasteiger partial charge is 0.227 e. The molecule has 0 bridgehead atoms. The molecule has 2 heterocycles. The highest BCUT2D eigenvalue weighted by molar-refractivity contribution is 8.03. The summed E-state index contributed by atoms with van der Waals surface area (Å²) in [6.45, 7) is 2.51. The van der Waals surface area contributed by atoms with Crippen LogP contribution in [0.25, 0.3) is 0 Å². The molecule has 0 fully saturated rings. The third kappa shape index (κ3) is 5.97. The number of nitrogens with two attached hydrogens (primary N) is 1. The number of hydrogen-bond acceptors (Lipinski definition) is 9. The normalized spacial score (nSPS) is 10.8. The zero-order valence-electron chi connectivity index (χ0n) is 13.9. The van der Waals surface area contributed by atoms with E-state index in [-0.39, 0.29) is 11.7 Å². The third-order valence-electron chi connectivity index (χ3n) is 3.05. The molecule has 0 saturated heterocycles. The minimum atomic E-state index is -0.359. The molecule has 10 heteroatoms. The first-order valence-corrected chi connectivity index (χ1v) is 11.3. The molecule has 1 aromatic carbocycles. The van der Waals surface area contributed by atoms with Crippen LogP contribution in [0, 0.1) is 6.92 Å². The van der Waals surface area contributed by atoms with Gasteiger partial charge in [0.25, 0.3) is 0 Å². The van der Waals surface area contributed by atoms with E-state index in [1.54, 1.807) is 23.1 Å². The molecule has 3 rings (SSSR count). The maximum absolute atomic E-state index is 10.8. The number of aryl methyl sites for hydroxylation is 1. The molecule has 2 aromatic heterocycles. The van der Waals surface area contributed by atoms with E-state index in [1.807, 2.05) is 36.6 Å². The molecule has 0 aliphatic carbocycles. The first-order chi connectivity index (χ1) is 12.6. The van der Waals surface area contributed by atoms with Crippen molar-refractivity contribution in [3.05, 3.63) is 45.9 Å². The SMILES string of the molecule is Cc1ccc(OCc2nc(CSc3nnc(SCC(N)=O)s3)cs2)cc1. The molecule has 6 nitrogen and oxygen atoms in total. The minimum absolute atomic E-state index is 0.218. The van der Waals surface area contributed by atoms with Gasteiger partial charge in [-0.3, -0.25) is 4.79 Å². The Balaban J connectivity index is 1.46. The summed E-state index contributed by atoms with van der Waals surface area (Å²) in [5.74, 6) is 1.42. The summed E-state index contributed by atoms with van der Waals surface area (Å²) < 4.78 is 7.35. The highest BCUT2D eigenvalue weighted by atomic mass is 32.2. The van der Waals surface area contributed by atoms with Crippen LogP contribution in [0.5, 0.6) is 5.75 Å². The molecule has 1 amide bonds. The molecule has 26 heavy (non-hydrogen) atoms. The summed E-state index contributed by atoms with van der Waals surface area (Å²) in [5.41, 5.74) is 7.32. The van der Waals surface area contributed by atoms with Crippen molar-refractivity contribution in [2.75, 3.05) is 5.75 Å². The van der Waals surface area contributed by atoms with Crippen molar-refractivity contribution < 1.29 is 9.53 Å². The fourth-order valence-corrected chi connectivity index (χ4v) is 5.31. The van der Waals surface area contributed by atoms with Gasteiger partial charge < -0.3 is 10.5 Å². The number of benzene rings is 1. The molecule has 0 aliphatic rings. The van der Waals surface area contributed by atoms with Crippen molar-refractivity contribution in [2.45, 2.75) is 28.0 Å². The number of thioether (sulfide) groups is 2. The molecule has 0 atom stereocenters. The quantitative estimate of drug-likeness (QED) is 0.523. The lowest BCUT2D eigenvalue weighted by Crippen LogP contribution is -2.12. The maximum Gasteiger partial charge on any atom is 0.227 e. The lowest BCUT2D eigenvalue weighted by Gasteiger charge is -2.03. The zero-order valence-corrected chi connectivity index (χ0v) is 17.1. The second kappa shape index (κ2) is 9.36. The standard InChI is InChI=1S/C16H16N4O2S4/c1-10-2-4-12(5-3-10)22-6-14-18-11(7-23-14)8-24-15-19-20-16(26-15)25-9-13(17)21/h2-5,7H,6,8-9H2,1H3,(H2,17,21). The van der Waals surface area contributed by atoms with Gasteiger partial charge in [-0.25, -0.2) is 4.98 Å². The Bertz CT molecular complexity index is 863. The van der Waals surface area contributed by atoms with E-state index in [4.69, 9.17) is 10.5 Å². The van der Waals surface area contributed by atoms with Crippen molar-refractivity contribution in [3.63, 3.8) is 0 Å². The molecule has 0 aliphatic heterocycles. The van der Waals surface area contributed by atoms with Crippen molar-refractivity contribution >= 4 is 52.1 Å². The van der Waals surface area contributed by atoms with Crippen LogP contribution in [-0.4, -0.2) is 26.8 Å². The van der Waals surface area contributed by atoms with E-state index in [0.29, 0.717) is 6.61 Å². The van der Waals surface area contributed by atoms with Crippen molar-refractivity contribution in [3.8, 4) is 5.75 Å². The van der Waals surface area contributed by atoms with E-state index in [1.165, 1.54) is 28.7 Å². The summed E-state index contributed by atoms with van der Waals surface area (Å²) in [5, 5.41) is 11.1. The Morgan fingerprint density at radius 2 is 1.92 bits per heavy atom. The summed E-state index contributed by atoms with van der Waals surface area (Å²) >= 11 is 5.93. The Morgan fingerprint density at radius 1 is 1.19 bits per heavy atom. The van der Waals surface area contributed by atoms with Crippen LogP contribution in [-0.2, 0) is 17.2 Å². The van der Waals surface area contributed by atoms with Crippen molar-refractivity contribution in [2.24, 2.45) is 5.73 Å².